The Morgan fingerprint density at radius 2 is 2.22 bits per heavy atom. The molecule has 0 aromatic heterocycles. The Kier molecular flexibility index (Phi) is 6.12. The van der Waals surface area contributed by atoms with Crippen LogP contribution in [0.2, 0.25) is 0 Å². The van der Waals surface area contributed by atoms with Crippen molar-refractivity contribution in [3.05, 3.63) is 0 Å². The van der Waals surface area contributed by atoms with Gasteiger partial charge < -0.3 is 15.5 Å². The maximum atomic E-state index is 11.6. The van der Waals surface area contributed by atoms with Crippen LogP contribution in [-0.4, -0.2) is 49.4 Å². The number of likely N-dealkylation sites (tertiary alicyclic amines) is 1. The van der Waals surface area contributed by atoms with Crippen LogP contribution in [0.15, 0.2) is 0 Å². The second-order valence-electron chi connectivity index (χ2n) is 5.42. The number of likely N-dealkylation sites (N-methyl/N-ethyl adjacent to an activating group) is 1. The number of amides is 2. The van der Waals surface area contributed by atoms with Gasteiger partial charge in [0.25, 0.3) is 0 Å². The average Bonchev–Trinajstić information content (AvgIpc) is 2.30. The Bertz CT molecular complexity index is 292. The second-order valence-corrected chi connectivity index (χ2v) is 5.42. The summed E-state index contributed by atoms with van der Waals surface area (Å²) in [6, 6.07) is 0.239. The molecule has 5 nitrogen and oxygen atoms in total. The minimum atomic E-state index is 0.0372. The Labute approximate surface area is 109 Å². The number of nitrogens with one attached hydrogen (secondary N) is 2. The molecule has 18 heavy (non-hydrogen) atoms. The first-order chi connectivity index (χ1) is 8.49. The molecule has 0 radical (unpaired) electrons. The largest absolute Gasteiger partial charge is 0.355 e. The van der Waals surface area contributed by atoms with E-state index in [0.29, 0.717) is 25.4 Å². The lowest BCUT2D eigenvalue weighted by Crippen LogP contribution is -2.49. The Morgan fingerprint density at radius 1 is 1.50 bits per heavy atom. The van der Waals surface area contributed by atoms with E-state index in [4.69, 9.17) is 0 Å². The molecular weight excluding hydrogens is 230 g/mol. The van der Waals surface area contributed by atoms with Gasteiger partial charge in [0.1, 0.15) is 0 Å². The third kappa shape index (κ3) is 5.49. The van der Waals surface area contributed by atoms with Gasteiger partial charge >= 0.3 is 0 Å². The Morgan fingerprint density at radius 3 is 2.83 bits per heavy atom. The van der Waals surface area contributed by atoms with Gasteiger partial charge in [0, 0.05) is 32.6 Å². The average molecular weight is 255 g/mol. The van der Waals surface area contributed by atoms with Crippen molar-refractivity contribution in [2.75, 3.05) is 26.7 Å². The molecule has 5 heteroatoms. The van der Waals surface area contributed by atoms with Crippen LogP contribution in [0.1, 0.15) is 33.1 Å². The predicted molar refractivity (Wildman–Crippen MR) is 71.1 cm³/mol. The predicted octanol–water partition coefficient (Wildman–Crippen LogP) is 0.359. The van der Waals surface area contributed by atoms with Crippen molar-refractivity contribution < 1.29 is 9.59 Å². The lowest BCUT2D eigenvalue weighted by atomic mass is 10.1. The zero-order valence-electron chi connectivity index (χ0n) is 11.7. The molecule has 1 atom stereocenters. The zero-order valence-corrected chi connectivity index (χ0v) is 11.7. The van der Waals surface area contributed by atoms with E-state index in [9.17, 15) is 9.59 Å². The molecule has 2 N–H and O–H groups in total. The molecule has 1 heterocycles. The van der Waals surface area contributed by atoms with E-state index in [2.05, 4.69) is 24.5 Å². The molecule has 0 aromatic rings. The number of hydrogen-bond donors (Lipinski definition) is 2. The van der Waals surface area contributed by atoms with Gasteiger partial charge in [0.15, 0.2) is 0 Å². The quantitative estimate of drug-likeness (QED) is 0.720. The molecule has 0 spiro atoms. The third-order valence-electron chi connectivity index (χ3n) is 3.22. The molecule has 1 aliphatic heterocycles. The zero-order chi connectivity index (χ0) is 13.5. The fourth-order valence-electron chi connectivity index (χ4n) is 1.98. The van der Waals surface area contributed by atoms with Crippen molar-refractivity contribution >= 4 is 11.8 Å². The van der Waals surface area contributed by atoms with E-state index >= 15 is 0 Å². The molecule has 104 valence electrons. The van der Waals surface area contributed by atoms with Gasteiger partial charge in [-0.25, -0.2) is 0 Å². The summed E-state index contributed by atoms with van der Waals surface area (Å²) in [6.07, 6.45) is 2.40. The molecule has 1 fully saturated rings. The molecule has 1 saturated heterocycles. The van der Waals surface area contributed by atoms with Crippen LogP contribution in [0.5, 0.6) is 0 Å². The summed E-state index contributed by atoms with van der Waals surface area (Å²) in [6.45, 7) is 6.04. The minimum Gasteiger partial charge on any atom is -0.355 e. The van der Waals surface area contributed by atoms with Crippen molar-refractivity contribution in [2.24, 2.45) is 5.92 Å². The highest BCUT2D eigenvalue weighted by Gasteiger charge is 2.22. The van der Waals surface area contributed by atoms with Gasteiger partial charge in [-0.05, 0) is 18.8 Å². The highest BCUT2D eigenvalue weighted by atomic mass is 16.2. The van der Waals surface area contributed by atoms with Crippen LogP contribution < -0.4 is 10.6 Å². The van der Waals surface area contributed by atoms with Crippen LogP contribution >= 0.6 is 0 Å². The highest BCUT2D eigenvalue weighted by Crippen LogP contribution is 2.09. The monoisotopic (exact) mass is 255 g/mol. The van der Waals surface area contributed by atoms with Gasteiger partial charge in [-0.1, -0.05) is 13.8 Å². The van der Waals surface area contributed by atoms with Gasteiger partial charge in [-0.2, -0.15) is 0 Å². The summed E-state index contributed by atoms with van der Waals surface area (Å²) in [5.74, 6) is 0.834. The van der Waals surface area contributed by atoms with Crippen LogP contribution in [0.25, 0.3) is 0 Å². The number of rotatable bonds is 6. The van der Waals surface area contributed by atoms with E-state index in [1.165, 1.54) is 0 Å². The number of carbonyl (C=O) groups excluding carboxylic acids is 2. The van der Waals surface area contributed by atoms with Gasteiger partial charge in [0.2, 0.25) is 11.8 Å². The first-order valence-corrected chi connectivity index (χ1v) is 6.73. The maximum absolute atomic E-state index is 11.6. The first-order valence-electron chi connectivity index (χ1n) is 6.73. The molecule has 1 aliphatic rings. The van der Waals surface area contributed by atoms with Crippen LogP contribution in [0.4, 0.5) is 0 Å². The number of nitrogens with zero attached hydrogens (tertiary/aromatic N) is 1. The lowest BCUT2D eigenvalue weighted by Gasteiger charge is -2.30. The number of hydrogen-bond acceptors (Lipinski definition) is 3. The van der Waals surface area contributed by atoms with Crippen molar-refractivity contribution in [1.29, 1.82) is 0 Å². The van der Waals surface area contributed by atoms with E-state index in [1.807, 2.05) is 0 Å². The molecule has 0 bridgehead atoms. The van der Waals surface area contributed by atoms with Crippen molar-refractivity contribution in [1.82, 2.24) is 15.5 Å². The number of piperidine rings is 1. The fraction of sp³-hybridized carbons (Fsp3) is 0.846. The normalized spacial score (nSPS) is 20.3. The molecule has 1 rings (SSSR count). The first kappa shape index (κ1) is 15.0. The number of carbonyl (C=O) groups is 2. The summed E-state index contributed by atoms with van der Waals surface area (Å²) in [5.41, 5.74) is 0. The molecule has 1 unspecified atom stereocenters. The molecule has 0 aromatic carbocycles. The van der Waals surface area contributed by atoms with E-state index in [-0.39, 0.29) is 17.9 Å². The van der Waals surface area contributed by atoms with Gasteiger partial charge in [0.05, 0.1) is 6.54 Å². The summed E-state index contributed by atoms with van der Waals surface area (Å²) >= 11 is 0. The van der Waals surface area contributed by atoms with Gasteiger partial charge in [-0.3, -0.25) is 9.59 Å². The van der Waals surface area contributed by atoms with E-state index < -0.39 is 0 Å². The Hall–Kier alpha value is -1.10. The van der Waals surface area contributed by atoms with Crippen molar-refractivity contribution in [3.63, 3.8) is 0 Å². The SMILES string of the molecule is CC(C)CCNC(=O)CNC1CCC(=O)N(C)C1. The van der Waals surface area contributed by atoms with Crippen molar-refractivity contribution in [2.45, 2.75) is 39.2 Å². The summed E-state index contributed by atoms with van der Waals surface area (Å²) in [7, 11) is 1.80. The smallest absolute Gasteiger partial charge is 0.233 e. The highest BCUT2D eigenvalue weighted by molar-refractivity contribution is 5.78. The molecule has 2 amide bonds. The maximum Gasteiger partial charge on any atom is 0.233 e. The van der Waals surface area contributed by atoms with E-state index in [1.54, 1.807) is 11.9 Å². The second kappa shape index (κ2) is 7.36. The summed E-state index contributed by atoms with van der Waals surface area (Å²) in [4.78, 5) is 24.6. The summed E-state index contributed by atoms with van der Waals surface area (Å²) in [5, 5.41) is 6.10. The molecule has 0 saturated carbocycles. The minimum absolute atomic E-state index is 0.0372. The van der Waals surface area contributed by atoms with E-state index in [0.717, 1.165) is 19.4 Å². The standard InChI is InChI=1S/C13H25N3O2/c1-10(2)6-7-14-12(17)8-15-11-4-5-13(18)16(3)9-11/h10-11,15H,4-9H2,1-3H3,(H,14,17). The fourth-order valence-corrected chi connectivity index (χ4v) is 1.98. The Balaban J connectivity index is 2.13. The van der Waals surface area contributed by atoms with Crippen molar-refractivity contribution in [3.8, 4) is 0 Å². The molecular formula is C13H25N3O2. The topological polar surface area (TPSA) is 61.4 Å². The third-order valence-corrected chi connectivity index (χ3v) is 3.22. The van der Waals surface area contributed by atoms with Crippen LogP contribution in [0.3, 0.4) is 0 Å². The van der Waals surface area contributed by atoms with Gasteiger partial charge in [-0.15, -0.1) is 0 Å². The van der Waals surface area contributed by atoms with Crippen LogP contribution in [-0.2, 0) is 9.59 Å². The van der Waals surface area contributed by atoms with Crippen LogP contribution in [0, 0.1) is 5.92 Å². The molecule has 0 aliphatic carbocycles. The lowest BCUT2D eigenvalue weighted by molar-refractivity contribution is -0.132. The summed E-state index contributed by atoms with van der Waals surface area (Å²) < 4.78 is 0.